The average molecular weight is 335 g/mol. The van der Waals surface area contributed by atoms with E-state index in [1.54, 1.807) is 18.2 Å². The monoisotopic (exact) mass is 334 g/mol. The van der Waals surface area contributed by atoms with Gasteiger partial charge in [0.25, 0.3) is 5.91 Å². The first kappa shape index (κ1) is 14.6. The molecule has 20 heavy (non-hydrogen) atoms. The van der Waals surface area contributed by atoms with E-state index in [1.807, 2.05) is 30.3 Å². The second kappa shape index (κ2) is 6.54. The number of nitrogens with one attached hydrogen (secondary N) is 1. The van der Waals surface area contributed by atoms with Crippen LogP contribution in [-0.2, 0) is 0 Å². The molecule has 5 heteroatoms. The highest BCUT2D eigenvalue weighted by Crippen LogP contribution is 2.20. The zero-order valence-corrected chi connectivity index (χ0v) is 12.3. The number of carbonyl (C=O) groups is 1. The summed E-state index contributed by atoms with van der Waals surface area (Å²) in [5.41, 5.74) is 7.45. The molecule has 0 aliphatic heterocycles. The minimum Gasteiger partial charge on any atom is -0.398 e. The summed E-state index contributed by atoms with van der Waals surface area (Å²) in [6, 6.07) is 13.9. The van der Waals surface area contributed by atoms with Gasteiger partial charge in [-0.2, -0.15) is 0 Å². The molecule has 2 aromatic rings. The lowest BCUT2D eigenvalue weighted by Crippen LogP contribution is -2.31. The number of nitrogen functional groups attached to an aromatic ring is 1. The van der Waals surface area contributed by atoms with Crippen molar-refractivity contribution in [1.29, 1.82) is 0 Å². The molecule has 0 heterocycles. The van der Waals surface area contributed by atoms with E-state index in [-0.39, 0.29) is 12.5 Å². The van der Waals surface area contributed by atoms with Crippen LogP contribution in [0.25, 0.3) is 0 Å². The van der Waals surface area contributed by atoms with Crippen LogP contribution < -0.4 is 11.1 Å². The molecular formula is C15H15BrN2O2. The lowest BCUT2D eigenvalue weighted by atomic mass is 10.1. The van der Waals surface area contributed by atoms with Crippen LogP contribution in [-0.4, -0.2) is 17.6 Å². The molecule has 2 rings (SSSR count). The van der Waals surface area contributed by atoms with Crippen LogP contribution in [0.15, 0.2) is 53.0 Å². The van der Waals surface area contributed by atoms with Crippen LogP contribution in [0.4, 0.5) is 5.69 Å². The number of hydrogen-bond acceptors (Lipinski definition) is 3. The third kappa shape index (κ3) is 3.37. The number of amides is 1. The first-order chi connectivity index (χ1) is 9.61. The van der Waals surface area contributed by atoms with Gasteiger partial charge in [0.15, 0.2) is 0 Å². The van der Waals surface area contributed by atoms with Gasteiger partial charge in [-0.15, -0.1) is 0 Å². The highest BCUT2D eigenvalue weighted by atomic mass is 79.9. The second-order valence-electron chi connectivity index (χ2n) is 4.35. The Hall–Kier alpha value is -1.85. The van der Waals surface area contributed by atoms with E-state index in [4.69, 9.17) is 5.73 Å². The summed E-state index contributed by atoms with van der Waals surface area (Å²) in [7, 11) is 0. The Bertz CT molecular complexity index is 602. The molecule has 2 aromatic carbocycles. The van der Waals surface area contributed by atoms with Gasteiger partial charge >= 0.3 is 0 Å². The van der Waals surface area contributed by atoms with Crippen LogP contribution in [0.1, 0.15) is 22.0 Å². The highest BCUT2D eigenvalue weighted by molar-refractivity contribution is 9.10. The number of carbonyl (C=O) groups excluding carboxylic acids is 1. The minimum atomic E-state index is -0.452. The molecule has 1 atom stereocenters. The molecule has 4 N–H and O–H groups in total. The topological polar surface area (TPSA) is 75.4 Å². The maximum atomic E-state index is 12.2. The predicted molar refractivity (Wildman–Crippen MR) is 82.3 cm³/mol. The molecule has 0 unspecified atom stereocenters. The number of aliphatic hydroxyl groups is 1. The Morgan fingerprint density at radius 3 is 2.55 bits per heavy atom. The van der Waals surface area contributed by atoms with Crippen molar-refractivity contribution in [3.63, 3.8) is 0 Å². The third-order valence-corrected chi connectivity index (χ3v) is 3.44. The largest absolute Gasteiger partial charge is 0.398 e. The third-order valence-electron chi connectivity index (χ3n) is 2.95. The molecule has 0 bridgehead atoms. The summed E-state index contributed by atoms with van der Waals surface area (Å²) in [5.74, 6) is -0.307. The molecule has 104 valence electrons. The SMILES string of the molecule is Nc1cc(Br)ccc1C(=O)N[C@H](CO)c1ccccc1. The summed E-state index contributed by atoms with van der Waals surface area (Å²) >= 11 is 3.29. The fraction of sp³-hybridized carbons (Fsp3) is 0.133. The van der Waals surface area contributed by atoms with Crippen LogP contribution in [0.2, 0.25) is 0 Å². The van der Waals surface area contributed by atoms with Gasteiger partial charge in [0.2, 0.25) is 0 Å². The van der Waals surface area contributed by atoms with Gasteiger partial charge in [0.1, 0.15) is 0 Å². The van der Waals surface area contributed by atoms with Gasteiger partial charge in [0, 0.05) is 10.2 Å². The van der Waals surface area contributed by atoms with E-state index < -0.39 is 6.04 Å². The van der Waals surface area contributed by atoms with Gasteiger partial charge in [-0.05, 0) is 23.8 Å². The zero-order chi connectivity index (χ0) is 14.5. The lowest BCUT2D eigenvalue weighted by Gasteiger charge is -2.17. The quantitative estimate of drug-likeness (QED) is 0.752. The van der Waals surface area contributed by atoms with Crippen molar-refractivity contribution >= 4 is 27.5 Å². The van der Waals surface area contributed by atoms with E-state index in [1.165, 1.54) is 0 Å². The van der Waals surface area contributed by atoms with Crippen LogP contribution in [0.5, 0.6) is 0 Å². The van der Waals surface area contributed by atoms with Crippen molar-refractivity contribution in [1.82, 2.24) is 5.32 Å². The van der Waals surface area contributed by atoms with Crippen LogP contribution >= 0.6 is 15.9 Å². The van der Waals surface area contributed by atoms with Gasteiger partial charge in [-0.25, -0.2) is 0 Å². The normalized spacial score (nSPS) is 11.9. The molecular weight excluding hydrogens is 320 g/mol. The zero-order valence-electron chi connectivity index (χ0n) is 10.7. The molecule has 4 nitrogen and oxygen atoms in total. The predicted octanol–water partition coefficient (Wildman–Crippen LogP) is 2.49. The van der Waals surface area contributed by atoms with Crippen molar-refractivity contribution in [2.75, 3.05) is 12.3 Å². The number of rotatable bonds is 4. The first-order valence-corrected chi connectivity index (χ1v) is 6.93. The summed E-state index contributed by atoms with van der Waals surface area (Å²) in [5, 5.41) is 12.2. The molecule has 0 aliphatic carbocycles. The number of nitrogens with two attached hydrogens (primary N) is 1. The Morgan fingerprint density at radius 2 is 1.95 bits per heavy atom. The summed E-state index contributed by atoms with van der Waals surface area (Å²) in [6.45, 7) is -0.174. The van der Waals surface area contributed by atoms with E-state index in [0.29, 0.717) is 11.3 Å². The van der Waals surface area contributed by atoms with Gasteiger partial charge in [-0.1, -0.05) is 46.3 Å². The fourth-order valence-corrected chi connectivity index (χ4v) is 2.27. The van der Waals surface area contributed by atoms with Gasteiger partial charge < -0.3 is 16.2 Å². The highest BCUT2D eigenvalue weighted by Gasteiger charge is 2.16. The maximum absolute atomic E-state index is 12.2. The number of halogens is 1. The number of benzene rings is 2. The average Bonchev–Trinajstić information content (AvgIpc) is 2.45. The van der Waals surface area contributed by atoms with Crippen molar-refractivity contribution in [3.05, 3.63) is 64.1 Å². The molecule has 0 spiro atoms. The van der Waals surface area contributed by atoms with Crippen molar-refractivity contribution in [3.8, 4) is 0 Å². The summed E-state index contributed by atoms with van der Waals surface area (Å²) < 4.78 is 0.813. The first-order valence-electron chi connectivity index (χ1n) is 6.13. The Balaban J connectivity index is 2.17. The Labute approximate surface area is 125 Å². The molecule has 0 aliphatic rings. The van der Waals surface area contributed by atoms with Gasteiger partial charge in [-0.3, -0.25) is 4.79 Å². The number of aliphatic hydroxyl groups excluding tert-OH is 1. The van der Waals surface area contributed by atoms with E-state index >= 15 is 0 Å². The lowest BCUT2D eigenvalue weighted by molar-refractivity contribution is 0.0917. The van der Waals surface area contributed by atoms with Crippen LogP contribution in [0.3, 0.4) is 0 Å². The molecule has 0 radical (unpaired) electrons. The second-order valence-corrected chi connectivity index (χ2v) is 5.27. The number of anilines is 1. The summed E-state index contributed by atoms with van der Waals surface area (Å²) in [6.07, 6.45) is 0. The van der Waals surface area contributed by atoms with Crippen molar-refractivity contribution < 1.29 is 9.90 Å². The Morgan fingerprint density at radius 1 is 1.25 bits per heavy atom. The van der Waals surface area contributed by atoms with Crippen molar-refractivity contribution in [2.45, 2.75) is 6.04 Å². The van der Waals surface area contributed by atoms with E-state index in [0.717, 1.165) is 10.0 Å². The maximum Gasteiger partial charge on any atom is 0.253 e. The molecule has 0 saturated heterocycles. The minimum absolute atomic E-state index is 0.174. The smallest absolute Gasteiger partial charge is 0.253 e. The van der Waals surface area contributed by atoms with Crippen molar-refractivity contribution in [2.24, 2.45) is 0 Å². The summed E-state index contributed by atoms with van der Waals surface area (Å²) in [4.78, 5) is 12.2. The van der Waals surface area contributed by atoms with E-state index in [2.05, 4.69) is 21.2 Å². The van der Waals surface area contributed by atoms with Gasteiger partial charge in [0.05, 0.1) is 18.2 Å². The number of hydrogen-bond donors (Lipinski definition) is 3. The Kier molecular flexibility index (Phi) is 4.76. The molecule has 1 amide bonds. The fourth-order valence-electron chi connectivity index (χ4n) is 1.90. The molecule has 0 aromatic heterocycles. The van der Waals surface area contributed by atoms with E-state index in [9.17, 15) is 9.90 Å². The molecule has 0 fully saturated rings. The molecule has 0 saturated carbocycles. The van der Waals surface area contributed by atoms with Crippen LogP contribution in [0, 0.1) is 0 Å². The standard InChI is InChI=1S/C15H15BrN2O2/c16-11-6-7-12(13(17)8-11)15(20)18-14(9-19)10-4-2-1-3-5-10/h1-8,14,19H,9,17H2,(H,18,20)/t14-/m1/s1.